The molecule has 0 radical (unpaired) electrons. The Kier molecular flexibility index (Phi) is 3.80. The molecule has 0 aliphatic heterocycles. The Balaban J connectivity index is 2.35. The van der Waals surface area contributed by atoms with Crippen LogP contribution in [-0.4, -0.2) is 26.8 Å². The second-order valence-corrected chi connectivity index (χ2v) is 6.11. The molecule has 1 aromatic heterocycles. The van der Waals surface area contributed by atoms with Gasteiger partial charge in [-0.1, -0.05) is 6.07 Å². The number of pyridine rings is 1. The molecule has 106 valence electrons. The molecule has 0 aliphatic carbocycles. The van der Waals surface area contributed by atoms with E-state index in [0.717, 1.165) is 6.26 Å². The summed E-state index contributed by atoms with van der Waals surface area (Å²) in [6.45, 7) is 0. The normalized spacial score (nSPS) is 11.1. The van der Waals surface area contributed by atoms with E-state index < -0.39 is 9.84 Å². The number of rotatable bonds is 4. The highest BCUT2D eigenvalue weighted by atomic mass is 32.2. The molecule has 0 aliphatic rings. The SMILES string of the molecule is COc1ccc(N)c(Oc2cccc(S(C)(=O)=O)c2)n1. The van der Waals surface area contributed by atoms with Crippen molar-refractivity contribution in [2.75, 3.05) is 19.1 Å². The van der Waals surface area contributed by atoms with Gasteiger partial charge in [0.1, 0.15) is 5.75 Å². The molecule has 1 aromatic carbocycles. The third-order valence-corrected chi connectivity index (χ3v) is 3.63. The molecule has 2 rings (SSSR count). The van der Waals surface area contributed by atoms with Gasteiger partial charge in [0, 0.05) is 12.3 Å². The number of nitrogens with two attached hydrogens (primary N) is 1. The lowest BCUT2D eigenvalue weighted by molar-refractivity contribution is 0.384. The summed E-state index contributed by atoms with van der Waals surface area (Å²) >= 11 is 0. The van der Waals surface area contributed by atoms with Crippen LogP contribution in [0.3, 0.4) is 0 Å². The Hall–Kier alpha value is -2.28. The van der Waals surface area contributed by atoms with Gasteiger partial charge in [0.15, 0.2) is 9.84 Å². The molecule has 0 bridgehead atoms. The van der Waals surface area contributed by atoms with Crippen LogP contribution in [0.25, 0.3) is 0 Å². The van der Waals surface area contributed by atoms with Gasteiger partial charge < -0.3 is 15.2 Å². The zero-order valence-corrected chi connectivity index (χ0v) is 11.8. The van der Waals surface area contributed by atoms with Gasteiger partial charge in [0.25, 0.3) is 0 Å². The highest BCUT2D eigenvalue weighted by Gasteiger charge is 2.10. The number of aromatic nitrogens is 1. The van der Waals surface area contributed by atoms with Crippen LogP contribution in [0.1, 0.15) is 0 Å². The number of nitrogens with zero attached hydrogens (tertiary/aromatic N) is 1. The molecule has 0 fully saturated rings. The van der Waals surface area contributed by atoms with E-state index in [4.69, 9.17) is 15.2 Å². The van der Waals surface area contributed by atoms with Gasteiger partial charge in [0.2, 0.25) is 11.8 Å². The number of methoxy groups -OCH3 is 1. The van der Waals surface area contributed by atoms with Crippen LogP contribution < -0.4 is 15.2 Å². The number of sulfone groups is 1. The minimum Gasteiger partial charge on any atom is -0.481 e. The lowest BCUT2D eigenvalue weighted by Gasteiger charge is -2.09. The highest BCUT2D eigenvalue weighted by Crippen LogP contribution is 2.28. The summed E-state index contributed by atoms with van der Waals surface area (Å²) in [5, 5.41) is 0. The number of anilines is 1. The van der Waals surface area contributed by atoms with Crippen molar-refractivity contribution in [2.45, 2.75) is 4.90 Å². The highest BCUT2D eigenvalue weighted by molar-refractivity contribution is 7.90. The molecule has 2 N–H and O–H groups in total. The number of ether oxygens (including phenoxy) is 2. The molecule has 0 saturated heterocycles. The van der Waals surface area contributed by atoms with Crippen molar-refractivity contribution >= 4 is 15.5 Å². The van der Waals surface area contributed by atoms with Crippen LogP contribution in [0.15, 0.2) is 41.3 Å². The van der Waals surface area contributed by atoms with Crippen LogP contribution >= 0.6 is 0 Å². The van der Waals surface area contributed by atoms with E-state index in [1.165, 1.54) is 19.2 Å². The molecular weight excluding hydrogens is 280 g/mol. The number of hydrogen-bond donors (Lipinski definition) is 1. The summed E-state index contributed by atoms with van der Waals surface area (Å²) in [6, 6.07) is 9.31. The average molecular weight is 294 g/mol. The lowest BCUT2D eigenvalue weighted by Crippen LogP contribution is -1.99. The topological polar surface area (TPSA) is 91.5 Å². The second-order valence-electron chi connectivity index (χ2n) is 4.10. The summed E-state index contributed by atoms with van der Waals surface area (Å²) in [4.78, 5) is 4.22. The van der Waals surface area contributed by atoms with Crippen molar-refractivity contribution in [3.8, 4) is 17.5 Å². The quantitative estimate of drug-likeness (QED) is 0.925. The molecule has 0 amide bonds. The molecule has 2 aromatic rings. The van der Waals surface area contributed by atoms with Crippen LogP contribution in [0.2, 0.25) is 0 Å². The third-order valence-electron chi connectivity index (χ3n) is 2.52. The summed E-state index contributed by atoms with van der Waals surface area (Å²) in [7, 11) is -1.82. The molecule has 0 atom stereocenters. The van der Waals surface area contributed by atoms with Crippen molar-refractivity contribution < 1.29 is 17.9 Å². The maximum absolute atomic E-state index is 11.5. The van der Waals surface area contributed by atoms with Crippen LogP contribution in [0, 0.1) is 0 Å². The zero-order valence-electron chi connectivity index (χ0n) is 11.0. The fraction of sp³-hybridized carbons (Fsp3) is 0.154. The summed E-state index contributed by atoms with van der Waals surface area (Å²) in [5.74, 6) is 0.851. The first kappa shape index (κ1) is 14.1. The second kappa shape index (κ2) is 5.38. The molecular formula is C13H14N2O4S. The predicted octanol–water partition coefficient (Wildman–Crippen LogP) is 1.87. The molecule has 1 heterocycles. The minimum absolute atomic E-state index is 0.162. The zero-order chi connectivity index (χ0) is 14.8. The van der Waals surface area contributed by atoms with Crippen LogP contribution in [0.5, 0.6) is 17.5 Å². The Morgan fingerprint density at radius 2 is 1.95 bits per heavy atom. The maximum atomic E-state index is 11.5. The fourth-order valence-corrected chi connectivity index (χ4v) is 2.17. The predicted molar refractivity (Wildman–Crippen MR) is 74.8 cm³/mol. The molecule has 0 spiro atoms. The van der Waals surface area contributed by atoms with Gasteiger partial charge in [0.05, 0.1) is 17.7 Å². The molecule has 0 unspecified atom stereocenters. The van der Waals surface area contributed by atoms with E-state index in [0.29, 0.717) is 17.3 Å². The van der Waals surface area contributed by atoms with Crippen LogP contribution in [-0.2, 0) is 9.84 Å². The smallest absolute Gasteiger partial charge is 0.246 e. The Morgan fingerprint density at radius 3 is 2.60 bits per heavy atom. The Morgan fingerprint density at radius 1 is 1.20 bits per heavy atom. The van der Waals surface area contributed by atoms with Gasteiger partial charge in [-0.3, -0.25) is 0 Å². The van der Waals surface area contributed by atoms with Gasteiger partial charge in [-0.2, -0.15) is 4.98 Å². The molecule has 6 nitrogen and oxygen atoms in total. The fourth-order valence-electron chi connectivity index (χ4n) is 1.51. The Bertz CT molecular complexity index is 729. The van der Waals surface area contributed by atoms with Crippen LogP contribution in [0.4, 0.5) is 5.69 Å². The lowest BCUT2D eigenvalue weighted by atomic mass is 10.3. The van der Waals surface area contributed by atoms with Gasteiger partial charge in [-0.15, -0.1) is 0 Å². The van der Waals surface area contributed by atoms with Crippen molar-refractivity contribution in [3.63, 3.8) is 0 Å². The monoisotopic (exact) mass is 294 g/mol. The van der Waals surface area contributed by atoms with E-state index in [2.05, 4.69) is 4.98 Å². The maximum Gasteiger partial charge on any atom is 0.246 e. The number of benzene rings is 1. The van der Waals surface area contributed by atoms with E-state index in [9.17, 15) is 8.42 Å². The van der Waals surface area contributed by atoms with Crippen molar-refractivity contribution in [1.29, 1.82) is 0 Å². The summed E-state index contributed by atoms with van der Waals surface area (Å²) < 4.78 is 33.5. The van der Waals surface area contributed by atoms with E-state index in [1.54, 1.807) is 24.3 Å². The third kappa shape index (κ3) is 3.18. The van der Waals surface area contributed by atoms with Crippen molar-refractivity contribution in [1.82, 2.24) is 4.98 Å². The molecule has 7 heteroatoms. The number of nitrogen functional groups attached to an aromatic ring is 1. The van der Waals surface area contributed by atoms with E-state index in [1.807, 2.05) is 0 Å². The van der Waals surface area contributed by atoms with Gasteiger partial charge in [-0.05, 0) is 24.3 Å². The van der Waals surface area contributed by atoms with Gasteiger partial charge >= 0.3 is 0 Å². The first-order valence-electron chi connectivity index (χ1n) is 5.68. The van der Waals surface area contributed by atoms with E-state index >= 15 is 0 Å². The first-order valence-corrected chi connectivity index (χ1v) is 7.58. The first-order chi connectivity index (χ1) is 9.40. The summed E-state index contributed by atoms with van der Waals surface area (Å²) in [6.07, 6.45) is 1.13. The summed E-state index contributed by atoms with van der Waals surface area (Å²) in [5.41, 5.74) is 6.08. The largest absolute Gasteiger partial charge is 0.481 e. The standard InChI is InChI=1S/C13H14N2O4S/c1-18-12-7-6-11(14)13(15-12)19-9-4-3-5-10(8-9)20(2,16)17/h3-8H,14H2,1-2H3. The van der Waals surface area contributed by atoms with Gasteiger partial charge in [-0.25, -0.2) is 8.42 Å². The molecule has 0 saturated carbocycles. The minimum atomic E-state index is -3.30. The van der Waals surface area contributed by atoms with E-state index in [-0.39, 0.29) is 10.8 Å². The average Bonchev–Trinajstić information content (AvgIpc) is 2.41. The van der Waals surface area contributed by atoms with Crippen molar-refractivity contribution in [2.24, 2.45) is 0 Å². The Labute approximate surface area is 117 Å². The molecule has 20 heavy (non-hydrogen) atoms. The van der Waals surface area contributed by atoms with Crippen molar-refractivity contribution in [3.05, 3.63) is 36.4 Å². The number of hydrogen-bond acceptors (Lipinski definition) is 6.